The Bertz CT molecular complexity index is 825. The largest absolute Gasteiger partial charge is 0.333 e. The van der Waals surface area contributed by atoms with Crippen LogP contribution >= 0.6 is 22.9 Å². The molecule has 0 atom stereocenters. The molecule has 110 valence electrons. The van der Waals surface area contributed by atoms with Crippen molar-refractivity contribution in [1.82, 2.24) is 10.1 Å². The van der Waals surface area contributed by atoms with E-state index >= 15 is 0 Å². The molecule has 2 aromatic heterocycles. The van der Waals surface area contributed by atoms with Crippen LogP contribution in [0.15, 0.2) is 45.6 Å². The van der Waals surface area contributed by atoms with Crippen LogP contribution in [0, 0.1) is 10.1 Å². The maximum absolute atomic E-state index is 10.6. The lowest BCUT2D eigenvalue weighted by Gasteiger charge is -1.95. The molecule has 6 nitrogen and oxygen atoms in total. The molecule has 8 heteroatoms. The van der Waals surface area contributed by atoms with E-state index in [0.717, 1.165) is 5.56 Å². The van der Waals surface area contributed by atoms with Crippen molar-refractivity contribution in [3.8, 4) is 11.4 Å². The van der Waals surface area contributed by atoms with E-state index in [1.807, 2.05) is 16.8 Å². The Labute approximate surface area is 133 Å². The second-order valence-corrected chi connectivity index (χ2v) is 5.46. The third-order valence-electron chi connectivity index (χ3n) is 2.81. The third-order valence-corrected chi connectivity index (χ3v) is 3.76. The number of nitrogens with zero attached hydrogens (tertiary/aromatic N) is 3. The van der Waals surface area contributed by atoms with Gasteiger partial charge in [-0.1, -0.05) is 16.8 Å². The minimum Gasteiger partial charge on any atom is -0.333 e. The molecule has 3 aromatic rings. The Kier molecular flexibility index (Phi) is 3.99. The van der Waals surface area contributed by atoms with Crippen LogP contribution in [0.2, 0.25) is 0 Å². The summed E-state index contributed by atoms with van der Waals surface area (Å²) in [6, 6.07) is 7.88. The van der Waals surface area contributed by atoms with Crippen LogP contribution in [-0.2, 0) is 0 Å². The number of nitro groups is 1. The van der Waals surface area contributed by atoms with Crippen LogP contribution in [0.5, 0.6) is 0 Å². The summed E-state index contributed by atoms with van der Waals surface area (Å²) in [5.41, 5.74) is 1.58. The Morgan fingerprint density at radius 3 is 2.73 bits per heavy atom. The number of non-ortho nitro benzene ring substituents is 1. The fourth-order valence-corrected chi connectivity index (χ4v) is 2.57. The molecule has 2 heterocycles. The standard InChI is InChI=1S/C14H8ClN3O3S/c15-12(7-9-1-3-11(4-2-9)18(19)20)14-16-13(17-21-14)10-5-6-22-8-10/h1-8H. The summed E-state index contributed by atoms with van der Waals surface area (Å²) in [4.78, 5) is 14.4. The molecular weight excluding hydrogens is 326 g/mol. The summed E-state index contributed by atoms with van der Waals surface area (Å²) in [6.45, 7) is 0. The number of nitro benzene ring substituents is 1. The predicted octanol–water partition coefficient (Wildman–Crippen LogP) is 4.44. The van der Waals surface area contributed by atoms with E-state index in [-0.39, 0.29) is 16.6 Å². The fourth-order valence-electron chi connectivity index (χ4n) is 1.73. The monoisotopic (exact) mass is 333 g/mol. The minimum atomic E-state index is -0.458. The lowest BCUT2D eigenvalue weighted by molar-refractivity contribution is -0.384. The lowest BCUT2D eigenvalue weighted by Crippen LogP contribution is -1.86. The van der Waals surface area contributed by atoms with Crippen LogP contribution in [0.3, 0.4) is 0 Å². The van der Waals surface area contributed by atoms with Crippen molar-refractivity contribution in [1.29, 1.82) is 0 Å². The van der Waals surface area contributed by atoms with E-state index in [1.165, 1.54) is 23.5 Å². The Morgan fingerprint density at radius 1 is 1.32 bits per heavy atom. The number of aromatic nitrogens is 2. The van der Waals surface area contributed by atoms with E-state index in [0.29, 0.717) is 11.4 Å². The van der Waals surface area contributed by atoms with Gasteiger partial charge in [0.15, 0.2) is 0 Å². The van der Waals surface area contributed by atoms with Gasteiger partial charge in [0.05, 0.1) is 4.92 Å². The molecule has 0 aliphatic carbocycles. The van der Waals surface area contributed by atoms with Gasteiger partial charge in [-0.05, 0) is 35.2 Å². The molecule has 0 radical (unpaired) electrons. The SMILES string of the molecule is O=[N+]([O-])c1ccc(C=C(Cl)c2nc(-c3ccsc3)no2)cc1. The van der Waals surface area contributed by atoms with Crippen molar-refractivity contribution in [2.45, 2.75) is 0 Å². The Morgan fingerprint density at radius 2 is 2.09 bits per heavy atom. The highest BCUT2D eigenvalue weighted by molar-refractivity contribution is 7.08. The molecule has 0 fully saturated rings. The van der Waals surface area contributed by atoms with Gasteiger partial charge in [-0.3, -0.25) is 10.1 Å². The molecule has 0 amide bonds. The first kappa shape index (κ1) is 14.4. The van der Waals surface area contributed by atoms with E-state index in [4.69, 9.17) is 16.1 Å². The Hall–Kier alpha value is -2.51. The van der Waals surface area contributed by atoms with Crippen molar-refractivity contribution in [3.63, 3.8) is 0 Å². The average Bonchev–Trinajstić information content (AvgIpc) is 3.19. The molecular formula is C14H8ClN3O3S. The quantitative estimate of drug-likeness (QED) is 0.520. The highest BCUT2D eigenvalue weighted by atomic mass is 35.5. The summed E-state index contributed by atoms with van der Waals surface area (Å²) in [7, 11) is 0. The second kappa shape index (κ2) is 6.08. The van der Waals surface area contributed by atoms with E-state index in [1.54, 1.807) is 18.2 Å². The van der Waals surface area contributed by atoms with Gasteiger partial charge in [0.2, 0.25) is 5.82 Å². The van der Waals surface area contributed by atoms with Crippen LogP contribution in [0.4, 0.5) is 5.69 Å². The van der Waals surface area contributed by atoms with Crippen LogP contribution in [-0.4, -0.2) is 15.1 Å². The zero-order valence-electron chi connectivity index (χ0n) is 11.0. The smallest absolute Gasteiger partial charge is 0.269 e. The summed E-state index contributed by atoms with van der Waals surface area (Å²) >= 11 is 7.69. The molecule has 0 N–H and O–H groups in total. The van der Waals surface area contributed by atoms with Gasteiger partial charge < -0.3 is 4.52 Å². The first-order valence-corrected chi connectivity index (χ1v) is 7.44. The topological polar surface area (TPSA) is 82.1 Å². The highest BCUT2D eigenvalue weighted by Gasteiger charge is 2.12. The molecule has 0 bridgehead atoms. The number of hydrogen-bond acceptors (Lipinski definition) is 6. The molecule has 1 aromatic carbocycles. The Balaban J connectivity index is 1.84. The zero-order chi connectivity index (χ0) is 15.5. The van der Waals surface area contributed by atoms with Crippen molar-refractivity contribution in [3.05, 3.63) is 62.7 Å². The van der Waals surface area contributed by atoms with Crippen LogP contribution < -0.4 is 0 Å². The first-order chi connectivity index (χ1) is 10.6. The third kappa shape index (κ3) is 3.05. The van der Waals surface area contributed by atoms with Crippen molar-refractivity contribution in [2.75, 3.05) is 0 Å². The number of benzene rings is 1. The molecule has 0 saturated heterocycles. The number of rotatable bonds is 4. The molecule has 0 aliphatic rings. The average molecular weight is 334 g/mol. The van der Waals surface area contributed by atoms with Gasteiger partial charge in [0, 0.05) is 23.1 Å². The molecule has 22 heavy (non-hydrogen) atoms. The van der Waals surface area contributed by atoms with Crippen LogP contribution in [0.25, 0.3) is 22.5 Å². The van der Waals surface area contributed by atoms with Gasteiger partial charge in [0.1, 0.15) is 5.03 Å². The summed E-state index contributed by atoms with van der Waals surface area (Å²) in [5.74, 6) is 0.660. The van der Waals surface area contributed by atoms with E-state index in [9.17, 15) is 10.1 Å². The molecule has 0 spiro atoms. The molecule has 0 saturated carbocycles. The van der Waals surface area contributed by atoms with E-state index < -0.39 is 4.92 Å². The number of thiophene rings is 1. The molecule has 0 unspecified atom stereocenters. The van der Waals surface area contributed by atoms with Gasteiger partial charge in [-0.2, -0.15) is 16.3 Å². The summed E-state index contributed by atoms with van der Waals surface area (Å²) in [5, 5.41) is 18.6. The molecule has 3 rings (SSSR count). The number of halogens is 1. The summed E-state index contributed by atoms with van der Waals surface area (Å²) in [6.07, 6.45) is 1.61. The van der Waals surface area contributed by atoms with Gasteiger partial charge in [0.25, 0.3) is 11.6 Å². The van der Waals surface area contributed by atoms with Crippen LogP contribution in [0.1, 0.15) is 11.5 Å². The maximum atomic E-state index is 10.6. The summed E-state index contributed by atoms with van der Waals surface area (Å²) < 4.78 is 5.12. The van der Waals surface area contributed by atoms with Gasteiger partial charge in [-0.15, -0.1) is 0 Å². The predicted molar refractivity (Wildman–Crippen MR) is 84.4 cm³/mol. The zero-order valence-corrected chi connectivity index (χ0v) is 12.5. The maximum Gasteiger partial charge on any atom is 0.269 e. The fraction of sp³-hybridized carbons (Fsp3) is 0. The van der Waals surface area contributed by atoms with Crippen molar-refractivity contribution < 1.29 is 9.45 Å². The minimum absolute atomic E-state index is 0.0193. The second-order valence-electron chi connectivity index (χ2n) is 4.28. The van der Waals surface area contributed by atoms with Crippen molar-refractivity contribution >= 4 is 39.7 Å². The van der Waals surface area contributed by atoms with Gasteiger partial charge >= 0.3 is 0 Å². The van der Waals surface area contributed by atoms with Crippen molar-refractivity contribution in [2.24, 2.45) is 0 Å². The highest BCUT2D eigenvalue weighted by Crippen LogP contribution is 2.25. The van der Waals surface area contributed by atoms with E-state index in [2.05, 4.69) is 10.1 Å². The number of hydrogen-bond donors (Lipinski definition) is 0. The first-order valence-electron chi connectivity index (χ1n) is 6.12. The normalized spacial score (nSPS) is 11.6. The van der Waals surface area contributed by atoms with Gasteiger partial charge in [-0.25, -0.2) is 0 Å². The lowest BCUT2D eigenvalue weighted by atomic mass is 10.2. The molecule has 0 aliphatic heterocycles.